The van der Waals surface area contributed by atoms with Gasteiger partial charge in [-0.3, -0.25) is 9.69 Å². The smallest absolute Gasteiger partial charge is 0.246 e. The Morgan fingerprint density at radius 3 is 2.73 bits per heavy atom. The molecule has 0 bridgehead atoms. The van der Waals surface area contributed by atoms with Gasteiger partial charge in [0.15, 0.2) is 5.65 Å². The van der Waals surface area contributed by atoms with Crippen LogP contribution in [0.25, 0.3) is 22.3 Å². The third kappa shape index (κ3) is 4.47. The van der Waals surface area contributed by atoms with Crippen LogP contribution in [0.2, 0.25) is 0 Å². The Hall–Kier alpha value is -2.91. The molecule has 9 heteroatoms. The number of aromatic nitrogens is 4. The second-order valence-corrected chi connectivity index (χ2v) is 9.85. The first kappa shape index (κ1) is 21.9. The molecular weight excluding hydrogens is 434 g/mol. The first-order valence-electron chi connectivity index (χ1n) is 11.4. The van der Waals surface area contributed by atoms with Crippen molar-refractivity contribution in [1.29, 1.82) is 0 Å². The topological polar surface area (TPSA) is 93.2 Å². The molecule has 0 saturated carbocycles. The van der Waals surface area contributed by atoms with Crippen LogP contribution >= 0.6 is 11.8 Å². The van der Waals surface area contributed by atoms with E-state index in [1.165, 1.54) is 29.5 Å². The zero-order chi connectivity index (χ0) is 22.8. The molecule has 5 rings (SSSR count). The minimum atomic E-state index is -0.0478. The van der Waals surface area contributed by atoms with Gasteiger partial charge in [-0.2, -0.15) is 16.9 Å². The van der Waals surface area contributed by atoms with Gasteiger partial charge in [-0.15, -0.1) is 0 Å². The number of carbonyl (C=O) groups excluding carboxylic acids is 1. The average Bonchev–Trinajstić information content (AvgIpc) is 3.26. The number of thioether (sulfide) groups is 1. The normalized spacial score (nSPS) is 19.6. The fraction of sp³-hybridized carbons (Fsp3) is 0.417. The van der Waals surface area contributed by atoms with Crippen molar-refractivity contribution < 1.29 is 4.79 Å². The SMILES string of the molecule is C=CC(=O)N1CCCC(n2nc(-c3ccc(CN4CCSCC4)cc3)c3c(N)ncnc32)C1. The summed E-state index contributed by atoms with van der Waals surface area (Å²) >= 11 is 2.03. The van der Waals surface area contributed by atoms with Crippen molar-refractivity contribution >= 4 is 34.5 Å². The van der Waals surface area contributed by atoms with Gasteiger partial charge in [0.2, 0.25) is 5.91 Å². The van der Waals surface area contributed by atoms with Gasteiger partial charge in [0.1, 0.15) is 17.8 Å². The van der Waals surface area contributed by atoms with Crippen LogP contribution in [0, 0.1) is 0 Å². The molecule has 33 heavy (non-hydrogen) atoms. The monoisotopic (exact) mass is 463 g/mol. The number of likely N-dealkylation sites (tertiary alicyclic amines) is 1. The Bertz CT molecular complexity index is 1150. The van der Waals surface area contributed by atoms with Gasteiger partial charge in [-0.25, -0.2) is 14.6 Å². The van der Waals surface area contributed by atoms with Crippen LogP contribution < -0.4 is 5.73 Å². The zero-order valence-corrected chi connectivity index (χ0v) is 19.5. The molecule has 0 aliphatic carbocycles. The fourth-order valence-corrected chi connectivity index (χ4v) is 5.70. The Kier molecular flexibility index (Phi) is 6.32. The van der Waals surface area contributed by atoms with E-state index in [0.29, 0.717) is 18.0 Å². The van der Waals surface area contributed by atoms with E-state index >= 15 is 0 Å². The van der Waals surface area contributed by atoms with E-state index in [1.807, 2.05) is 21.3 Å². The molecule has 1 unspecified atom stereocenters. The van der Waals surface area contributed by atoms with Crippen LogP contribution in [0.4, 0.5) is 5.82 Å². The zero-order valence-electron chi connectivity index (χ0n) is 18.7. The van der Waals surface area contributed by atoms with Gasteiger partial charge in [0.25, 0.3) is 0 Å². The Morgan fingerprint density at radius 2 is 1.97 bits per heavy atom. The highest BCUT2D eigenvalue weighted by atomic mass is 32.2. The predicted octanol–water partition coefficient (Wildman–Crippen LogP) is 2.97. The molecule has 172 valence electrons. The van der Waals surface area contributed by atoms with Crippen molar-refractivity contribution in [3.8, 4) is 11.3 Å². The maximum atomic E-state index is 12.2. The molecule has 4 heterocycles. The van der Waals surface area contributed by atoms with Gasteiger partial charge in [0, 0.05) is 49.8 Å². The molecule has 2 fully saturated rings. The Morgan fingerprint density at radius 1 is 1.18 bits per heavy atom. The highest BCUT2D eigenvalue weighted by molar-refractivity contribution is 7.99. The largest absolute Gasteiger partial charge is 0.383 e. The van der Waals surface area contributed by atoms with Crippen LogP contribution in [0.5, 0.6) is 0 Å². The van der Waals surface area contributed by atoms with Gasteiger partial charge in [-0.05, 0) is 24.5 Å². The fourth-order valence-electron chi connectivity index (χ4n) is 4.72. The molecule has 2 N–H and O–H groups in total. The lowest BCUT2D eigenvalue weighted by Crippen LogP contribution is -2.40. The molecule has 3 aromatic rings. The predicted molar refractivity (Wildman–Crippen MR) is 133 cm³/mol. The van der Waals surface area contributed by atoms with E-state index in [0.717, 1.165) is 55.7 Å². The van der Waals surface area contributed by atoms with Crippen LogP contribution in [-0.4, -0.2) is 73.1 Å². The number of benzene rings is 1. The molecule has 8 nitrogen and oxygen atoms in total. The average molecular weight is 464 g/mol. The number of fused-ring (bicyclic) bond motifs is 1. The Balaban J connectivity index is 1.46. The number of hydrogen-bond acceptors (Lipinski definition) is 7. The van der Waals surface area contributed by atoms with E-state index in [4.69, 9.17) is 10.8 Å². The number of hydrogen-bond donors (Lipinski definition) is 1. The van der Waals surface area contributed by atoms with E-state index in [1.54, 1.807) is 0 Å². The third-order valence-electron chi connectivity index (χ3n) is 6.48. The first-order valence-corrected chi connectivity index (χ1v) is 12.6. The van der Waals surface area contributed by atoms with Crippen LogP contribution in [0.1, 0.15) is 24.4 Å². The molecule has 0 spiro atoms. The summed E-state index contributed by atoms with van der Waals surface area (Å²) in [6, 6.07) is 8.60. The van der Waals surface area contributed by atoms with E-state index in [-0.39, 0.29) is 11.9 Å². The number of anilines is 1. The summed E-state index contributed by atoms with van der Waals surface area (Å²) in [6.07, 6.45) is 4.69. The van der Waals surface area contributed by atoms with Crippen molar-refractivity contribution in [2.24, 2.45) is 0 Å². The maximum Gasteiger partial charge on any atom is 0.246 e. The highest BCUT2D eigenvalue weighted by Crippen LogP contribution is 2.34. The molecule has 1 atom stereocenters. The van der Waals surface area contributed by atoms with Gasteiger partial charge in [-0.1, -0.05) is 30.8 Å². The first-order chi connectivity index (χ1) is 16.1. The van der Waals surface area contributed by atoms with Crippen LogP contribution in [-0.2, 0) is 11.3 Å². The summed E-state index contributed by atoms with van der Waals surface area (Å²) in [7, 11) is 0. The quantitative estimate of drug-likeness (QED) is 0.582. The summed E-state index contributed by atoms with van der Waals surface area (Å²) in [5, 5.41) is 5.74. The third-order valence-corrected chi connectivity index (χ3v) is 7.43. The molecule has 2 aliphatic rings. The number of carbonyl (C=O) groups is 1. The maximum absolute atomic E-state index is 12.2. The number of rotatable bonds is 5. The van der Waals surface area contributed by atoms with Crippen LogP contribution in [0.15, 0.2) is 43.2 Å². The van der Waals surface area contributed by atoms with E-state index in [9.17, 15) is 4.79 Å². The number of nitrogens with two attached hydrogens (primary N) is 1. The lowest BCUT2D eigenvalue weighted by molar-refractivity contribution is -0.127. The van der Waals surface area contributed by atoms with Crippen molar-refractivity contribution in [2.75, 3.05) is 43.4 Å². The molecule has 1 aromatic carbocycles. The lowest BCUT2D eigenvalue weighted by Gasteiger charge is -2.32. The van der Waals surface area contributed by atoms with Gasteiger partial charge < -0.3 is 10.6 Å². The van der Waals surface area contributed by atoms with Crippen molar-refractivity contribution in [2.45, 2.75) is 25.4 Å². The lowest BCUT2D eigenvalue weighted by atomic mass is 10.1. The summed E-state index contributed by atoms with van der Waals surface area (Å²) < 4.78 is 1.94. The second-order valence-electron chi connectivity index (χ2n) is 8.62. The number of nitrogen functional groups attached to an aromatic ring is 1. The molecule has 2 aromatic heterocycles. The minimum Gasteiger partial charge on any atom is -0.383 e. The van der Waals surface area contributed by atoms with Crippen LogP contribution in [0.3, 0.4) is 0 Å². The molecule has 1 amide bonds. The molecular formula is C24H29N7OS. The van der Waals surface area contributed by atoms with Crippen molar-refractivity contribution in [3.63, 3.8) is 0 Å². The van der Waals surface area contributed by atoms with Gasteiger partial charge in [0.05, 0.1) is 11.4 Å². The standard InChI is InChI=1S/C24H29N7OS/c1-2-20(32)30-9-3-4-19(15-30)31-24-21(23(25)26-16-27-24)22(28-31)18-7-5-17(6-8-18)14-29-10-12-33-13-11-29/h2,5-8,16,19H,1,3-4,9-15H2,(H2,25,26,27). The van der Waals surface area contributed by atoms with Crippen molar-refractivity contribution in [1.82, 2.24) is 29.5 Å². The number of nitrogens with zero attached hydrogens (tertiary/aromatic N) is 6. The molecule has 2 aliphatic heterocycles. The highest BCUT2D eigenvalue weighted by Gasteiger charge is 2.28. The van der Waals surface area contributed by atoms with E-state index < -0.39 is 0 Å². The summed E-state index contributed by atoms with van der Waals surface area (Å²) in [5.74, 6) is 2.79. The van der Waals surface area contributed by atoms with E-state index in [2.05, 4.69) is 45.7 Å². The summed E-state index contributed by atoms with van der Waals surface area (Å²) in [4.78, 5) is 25.3. The summed E-state index contributed by atoms with van der Waals surface area (Å²) in [6.45, 7) is 8.20. The van der Waals surface area contributed by atoms with Gasteiger partial charge >= 0.3 is 0 Å². The molecule has 0 radical (unpaired) electrons. The molecule has 2 saturated heterocycles. The number of piperidine rings is 1. The second kappa shape index (κ2) is 9.52. The minimum absolute atomic E-state index is 0.0319. The summed E-state index contributed by atoms with van der Waals surface area (Å²) in [5.41, 5.74) is 10.1. The van der Waals surface area contributed by atoms with Crippen molar-refractivity contribution in [3.05, 3.63) is 48.8 Å². The Labute approximate surface area is 197 Å². The number of amides is 1.